The molecule has 0 radical (unpaired) electrons. The standard InChI is InChI=1S/C20H23F2N3OS/c21-16-6-5-15(12-17(16)22)20(26)25-9-7-14(8-10-25)19-24-23-18(27-19)11-13-3-1-2-4-13/h5-6,12-14H,1-4,7-11H2. The molecular formula is C20H23F2N3OS. The van der Waals surface area contributed by atoms with E-state index in [9.17, 15) is 13.6 Å². The zero-order chi connectivity index (χ0) is 18.8. The van der Waals surface area contributed by atoms with Crippen LogP contribution in [0.3, 0.4) is 0 Å². The van der Waals surface area contributed by atoms with Crippen molar-refractivity contribution >= 4 is 17.2 Å². The molecule has 0 spiro atoms. The maximum atomic E-state index is 13.4. The number of hydrogen-bond acceptors (Lipinski definition) is 4. The number of nitrogens with zero attached hydrogens (tertiary/aromatic N) is 3. The molecule has 1 aliphatic heterocycles. The Morgan fingerprint density at radius 2 is 1.81 bits per heavy atom. The average molecular weight is 391 g/mol. The summed E-state index contributed by atoms with van der Waals surface area (Å²) >= 11 is 1.72. The molecule has 4 rings (SSSR count). The average Bonchev–Trinajstić information content (AvgIpc) is 3.36. The van der Waals surface area contributed by atoms with E-state index >= 15 is 0 Å². The summed E-state index contributed by atoms with van der Waals surface area (Å²) in [5, 5.41) is 11.0. The lowest BCUT2D eigenvalue weighted by Crippen LogP contribution is -2.38. The van der Waals surface area contributed by atoms with Crippen molar-refractivity contribution in [3.8, 4) is 0 Å². The lowest BCUT2D eigenvalue weighted by atomic mass is 9.97. The van der Waals surface area contributed by atoms with Crippen LogP contribution in [0.25, 0.3) is 0 Å². The molecule has 0 unspecified atom stereocenters. The fourth-order valence-corrected chi connectivity index (χ4v) is 5.24. The Kier molecular flexibility index (Phi) is 5.48. The van der Waals surface area contributed by atoms with Gasteiger partial charge >= 0.3 is 0 Å². The molecule has 0 bridgehead atoms. The van der Waals surface area contributed by atoms with E-state index in [1.54, 1.807) is 16.2 Å². The Labute approximate surface area is 161 Å². The van der Waals surface area contributed by atoms with Crippen molar-refractivity contribution in [1.29, 1.82) is 0 Å². The van der Waals surface area contributed by atoms with Gasteiger partial charge in [0.05, 0.1) is 0 Å². The number of amides is 1. The van der Waals surface area contributed by atoms with Crippen LogP contribution in [0.5, 0.6) is 0 Å². The highest BCUT2D eigenvalue weighted by molar-refractivity contribution is 7.11. The molecule has 1 aromatic carbocycles. The topological polar surface area (TPSA) is 46.1 Å². The maximum Gasteiger partial charge on any atom is 0.253 e. The van der Waals surface area contributed by atoms with E-state index in [2.05, 4.69) is 10.2 Å². The molecule has 0 N–H and O–H groups in total. The molecule has 2 heterocycles. The van der Waals surface area contributed by atoms with Crippen molar-refractivity contribution in [2.75, 3.05) is 13.1 Å². The van der Waals surface area contributed by atoms with Crippen LogP contribution in [0.2, 0.25) is 0 Å². The van der Waals surface area contributed by atoms with Gasteiger partial charge in [-0.3, -0.25) is 4.79 Å². The van der Waals surface area contributed by atoms with Gasteiger partial charge < -0.3 is 4.90 Å². The van der Waals surface area contributed by atoms with Gasteiger partial charge in [0.2, 0.25) is 0 Å². The van der Waals surface area contributed by atoms with Crippen LogP contribution in [0.4, 0.5) is 8.78 Å². The van der Waals surface area contributed by atoms with Crippen molar-refractivity contribution in [3.05, 3.63) is 45.4 Å². The Hall–Kier alpha value is -1.89. The lowest BCUT2D eigenvalue weighted by molar-refractivity contribution is 0.0712. The number of rotatable bonds is 4. The third kappa shape index (κ3) is 4.18. The third-order valence-electron chi connectivity index (χ3n) is 5.72. The first kappa shape index (κ1) is 18.5. The second-order valence-corrected chi connectivity index (χ2v) is 8.68. The number of benzene rings is 1. The Bertz CT molecular complexity index is 811. The number of aromatic nitrogens is 2. The van der Waals surface area contributed by atoms with Crippen LogP contribution < -0.4 is 0 Å². The number of halogens is 2. The Balaban J connectivity index is 1.33. The first-order valence-corrected chi connectivity index (χ1v) is 10.5. The quantitative estimate of drug-likeness (QED) is 0.767. The summed E-state index contributed by atoms with van der Waals surface area (Å²) in [5.41, 5.74) is 0.196. The Morgan fingerprint density at radius 3 is 2.52 bits per heavy atom. The summed E-state index contributed by atoms with van der Waals surface area (Å²) in [5.74, 6) is -1.07. The maximum absolute atomic E-state index is 13.4. The fraction of sp³-hybridized carbons (Fsp3) is 0.550. The van der Waals surface area contributed by atoms with E-state index in [-0.39, 0.29) is 11.5 Å². The van der Waals surface area contributed by atoms with Gasteiger partial charge in [0.15, 0.2) is 11.6 Å². The lowest BCUT2D eigenvalue weighted by Gasteiger charge is -2.31. The van der Waals surface area contributed by atoms with E-state index < -0.39 is 11.6 Å². The van der Waals surface area contributed by atoms with Crippen LogP contribution >= 0.6 is 11.3 Å². The summed E-state index contributed by atoms with van der Waals surface area (Å²) < 4.78 is 26.4. The number of likely N-dealkylation sites (tertiary alicyclic amines) is 1. The van der Waals surface area contributed by atoms with Gasteiger partial charge in [0, 0.05) is 31.0 Å². The summed E-state index contributed by atoms with van der Waals surface area (Å²) in [6, 6.07) is 3.32. The smallest absolute Gasteiger partial charge is 0.253 e. The highest BCUT2D eigenvalue weighted by Crippen LogP contribution is 2.33. The van der Waals surface area contributed by atoms with Gasteiger partial charge in [0.25, 0.3) is 5.91 Å². The van der Waals surface area contributed by atoms with E-state index in [4.69, 9.17) is 0 Å². The number of piperidine rings is 1. The molecule has 2 fully saturated rings. The number of carbonyl (C=O) groups excluding carboxylic acids is 1. The van der Waals surface area contributed by atoms with E-state index in [1.807, 2.05) is 0 Å². The number of carbonyl (C=O) groups is 1. The third-order valence-corrected chi connectivity index (χ3v) is 6.83. The van der Waals surface area contributed by atoms with Gasteiger partial charge in [-0.15, -0.1) is 21.5 Å². The molecule has 1 amide bonds. The normalized spacial score (nSPS) is 19.0. The van der Waals surface area contributed by atoms with Crippen molar-refractivity contribution < 1.29 is 13.6 Å². The molecular weight excluding hydrogens is 368 g/mol. The summed E-state index contributed by atoms with van der Waals surface area (Å²) in [7, 11) is 0. The molecule has 1 aromatic heterocycles. The molecule has 4 nitrogen and oxygen atoms in total. The zero-order valence-electron chi connectivity index (χ0n) is 15.2. The van der Waals surface area contributed by atoms with Crippen molar-refractivity contribution in [3.63, 3.8) is 0 Å². The minimum absolute atomic E-state index is 0.196. The minimum Gasteiger partial charge on any atom is -0.339 e. The Morgan fingerprint density at radius 1 is 1.07 bits per heavy atom. The van der Waals surface area contributed by atoms with Gasteiger partial charge in [-0.2, -0.15) is 0 Å². The minimum atomic E-state index is -0.987. The van der Waals surface area contributed by atoms with Crippen LogP contribution in [0.15, 0.2) is 18.2 Å². The summed E-state index contributed by atoms with van der Waals surface area (Å²) in [4.78, 5) is 14.2. The molecule has 2 aliphatic rings. The van der Waals surface area contributed by atoms with E-state index in [0.717, 1.165) is 47.3 Å². The van der Waals surface area contributed by atoms with Crippen LogP contribution in [-0.4, -0.2) is 34.1 Å². The van der Waals surface area contributed by atoms with Crippen molar-refractivity contribution in [1.82, 2.24) is 15.1 Å². The molecule has 1 aliphatic carbocycles. The van der Waals surface area contributed by atoms with Crippen LogP contribution in [0.1, 0.15) is 64.8 Å². The van der Waals surface area contributed by atoms with Crippen molar-refractivity contribution in [2.24, 2.45) is 5.92 Å². The van der Waals surface area contributed by atoms with Crippen LogP contribution in [-0.2, 0) is 6.42 Å². The van der Waals surface area contributed by atoms with E-state index in [1.165, 1.54) is 31.7 Å². The molecule has 1 saturated carbocycles. The molecule has 0 atom stereocenters. The SMILES string of the molecule is O=C(c1ccc(F)c(F)c1)N1CCC(c2nnc(CC3CCCC3)s2)CC1. The van der Waals surface area contributed by atoms with Gasteiger partial charge in [-0.1, -0.05) is 25.7 Å². The molecule has 27 heavy (non-hydrogen) atoms. The first-order valence-electron chi connectivity index (χ1n) is 9.67. The molecule has 144 valence electrons. The van der Waals surface area contributed by atoms with Crippen LogP contribution in [0, 0.1) is 17.6 Å². The van der Waals surface area contributed by atoms with Gasteiger partial charge in [-0.25, -0.2) is 8.78 Å². The second-order valence-electron chi connectivity index (χ2n) is 7.58. The highest BCUT2D eigenvalue weighted by atomic mass is 32.1. The fourth-order valence-electron chi connectivity index (χ4n) is 4.12. The highest BCUT2D eigenvalue weighted by Gasteiger charge is 2.27. The number of hydrogen-bond donors (Lipinski definition) is 0. The molecule has 2 aromatic rings. The van der Waals surface area contributed by atoms with Crippen molar-refractivity contribution in [2.45, 2.75) is 50.9 Å². The molecule has 1 saturated heterocycles. The zero-order valence-corrected chi connectivity index (χ0v) is 16.0. The molecule has 7 heteroatoms. The largest absolute Gasteiger partial charge is 0.339 e. The monoisotopic (exact) mass is 391 g/mol. The predicted molar refractivity (Wildman–Crippen MR) is 99.8 cm³/mol. The summed E-state index contributed by atoms with van der Waals surface area (Å²) in [6.45, 7) is 1.19. The predicted octanol–water partition coefficient (Wildman–Crippen LogP) is 4.57. The first-order chi connectivity index (χ1) is 13.1. The second kappa shape index (κ2) is 8.00. The van der Waals surface area contributed by atoms with Gasteiger partial charge in [-0.05, 0) is 37.0 Å². The van der Waals surface area contributed by atoms with E-state index in [0.29, 0.717) is 19.0 Å². The van der Waals surface area contributed by atoms with Gasteiger partial charge in [0.1, 0.15) is 10.0 Å². The summed E-state index contributed by atoms with van der Waals surface area (Å²) in [6.07, 6.45) is 7.98.